The standard InChI is InChI=1S/C40H50N8O6/c1-21(2)32(45-39(51)54-6)37(49)47-17-7-10-31(47)36-42-28-16-13-25-19-23(11-14-26(25)33(28)44-36)24-12-15-27-29(20-24)43-35(41-27)30-9-8-18-48(30)38(50)34(22(3)4)46(5)40(52)53/h11-12,14-15,19-22,30-32,34H,7-10,13,16-18H2,1-6H3,(H,41,43)(H,42,44)(H,45,51)(H,52,53)/t30-,31?,32-,34-/m0/s1. The molecule has 2 aromatic carbocycles. The second kappa shape index (κ2) is 14.8. The number of rotatable bonds is 9. The van der Waals surface area contributed by atoms with Gasteiger partial charge in [-0.3, -0.25) is 14.5 Å². The summed E-state index contributed by atoms with van der Waals surface area (Å²) in [6.45, 7) is 8.71. The summed E-state index contributed by atoms with van der Waals surface area (Å²) in [5.74, 6) is 0.884. The smallest absolute Gasteiger partial charge is 0.407 e. The van der Waals surface area contributed by atoms with Crippen LogP contribution in [0.4, 0.5) is 9.59 Å². The van der Waals surface area contributed by atoms with E-state index < -0.39 is 24.3 Å². The van der Waals surface area contributed by atoms with Crippen LogP contribution >= 0.6 is 0 Å². The van der Waals surface area contributed by atoms with Gasteiger partial charge in [-0.05, 0) is 79.2 Å². The Kier molecular flexibility index (Phi) is 10.1. The van der Waals surface area contributed by atoms with Gasteiger partial charge in [0.1, 0.15) is 23.7 Å². The van der Waals surface area contributed by atoms with Gasteiger partial charge < -0.3 is 34.9 Å². The molecule has 14 heteroatoms. The van der Waals surface area contributed by atoms with Crippen molar-refractivity contribution in [2.24, 2.45) is 11.8 Å². The Hall–Kier alpha value is -5.40. The second-order valence-corrected chi connectivity index (χ2v) is 15.5. The summed E-state index contributed by atoms with van der Waals surface area (Å²) in [4.78, 5) is 73.0. The van der Waals surface area contributed by atoms with E-state index in [1.165, 1.54) is 19.7 Å². The molecule has 286 valence electrons. The number of hydrogen-bond donors (Lipinski definition) is 4. The Bertz CT molecular complexity index is 2090. The van der Waals surface area contributed by atoms with Crippen molar-refractivity contribution in [1.82, 2.24) is 40.0 Å². The van der Waals surface area contributed by atoms with E-state index in [1.54, 1.807) is 4.90 Å². The average molecular weight is 739 g/mol. The van der Waals surface area contributed by atoms with Crippen molar-refractivity contribution >= 4 is 35.0 Å². The van der Waals surface area contributed by atoms with E-state index in [0.29, 0.717) is 18.9 Å². The van der Waals surface area contributed by atoms with Crippen LogP contribution in [0.25, 0.3) is 33.4 Å². The van der Waals surface area contributed by atoms with Crippen molar-refractivity contribution in [1.29, 1.82) is 0 Å². The Morgan fingerprint density at radius 3 is 2.17 bits per heavy atom. The minimum Gasteiger partial charge on any atom is -0.465 e. The third-order valence-corrected chi connectivity index (χ3v) is 11.3. The highest BCUT2D eigenvalue weighted by Crippen LogP contribution is 2.39. The molecule has 7 rings (SSSR count). The predicted molar refractivity (Wildman–Crippen MR) is 202 cm³/mol. The number of hydrogen-bond acceptors (Lipinski definition) is 7. The number of aromatic amines is 2. The minimum absolute atomic E-state index is 0.107. The lowest BCUT2D eigenvalue weighted by atomic mass is 9.89. The average Bonchev–Trinajstić information content (AvgIpc) is 3.97. The molecule has 4 atom stereocenters. The number of carbonyl (C=O) groups excluding carboxylic acids is 3. The maximum Gasteiger partial charge on any atom is 0.407 e. The molecule has 1 unspecified atom stereocenters. The lowest BCUT2D eigenvalue weighted by molar-refractivity contribution is -0.138. The van der Waals surface area contributed by atoms with E-state index in [4.69, 9.17) is 14.7 Å². The summed E-state index contributed by atoms with van der Waals surface area (Å²) in [5.41, 5.74) is 8.04. The first-order chi connectivity index (χ1) is 25.9. The SMILES string of the molecule is COC(=O)N[C@H](C(=O)N1CCCC1c1nc2c([nH]1)CCc1cc(-c3ccc4[nH]c([C@@H]5CCCN5C(=O)[C@H](C(C)C)N(C)C(=O)O)nc4c3)ccc1-2)C(C)C. The van der Waals surface area contributed by atoms with Crippen molar-refractivity contribution in [2.45, 2.75) is 90.4 Å². The maximum absolute atomic E-state index is 13.7. The van der Waals surface area contributed by atoms with Gasteiger partial charge in [-0.1, -0.05) is 52.0 Å². The fraction of sp³-hybridized carbons (Fsp3) is 0.500. The third kappa shape index (κ3) is 6.77. The van der Waals surface area contributed by atoms with Crippen LogP contribution in [-0.2, 0) is 27.2 Å². The van der Waals surface area contributed by atoms with Crippen LogP contribution < -0.4 is 5.32 Å². The van der Waals surface area contributed by atoms with Crippen LogP contribution in [0.15, 0.2) is 36.4 Å². The number of H-pyrrole nitrogens is 2. The monoisotopic (exact) mass is 738 g/mol. The Morgan fingerprint density at radius 2 is 1.52 bits per heavy atom. The third-order valence-electron chi connectivity index (χ3n) is 11.3. The molecule has 0 saturated carbocycles. The summed E-state index contributed by atoms with van der Waals surface area (Å²) >= 11 is 0. The van der Waals surface area contributed by atoms with Crippen LogP contribution in [-0.4, -0.2) is 103 Å². The first-order valence-electron chi connectivity index (χ1n) is 19.0. The number of aryl methyl sites for hydroxylation is 2. The van der Waals surface area contributed by atoms with Gasteiger partial charge in [0.25, 0.3) is 0 Å². The van der Waals surface area contributed by atoms with Crippen LogP contribution in [0, 0.1) is 11.8 Å². The number of likely N-dealkylation sites (tertiary alicyclic amines) is 2. The zero-order valence-electron chi connectivity index (χ0n) is 31.8. The van der Waals surface area contributed by atoms with E-state index in [0.717, 1.165) is 88.4 Å². The summed E-state index contributed by atoms with van der Waals surface area (Å²) in [7, 11) is 2.75. The molecule has 0 radical (unpaired) electrons. The number of carboxylic acid groups (broad SMARTS) is 1. The molecule has 2 saturated heterocycles. The van der Waals surface area contributed by atoms with Crippen molar-refractivity contribution in [3.63, 3.8) is 0 Å². The molecule has 4 N–H and O–H groups in total. The molecule has 14 nitrogen and oxygen atoms in total. The molecule has 54 heavy (non-hydrogen) atoms. The number of carbonyl (C=O) groups is 4. The van der Waals surface area contributed by atoms with Crippen molar-refractivity contribution in [3.05, 3.63) is 59.3 Å². The lowest BCUT2D eigenvalue weighted by Gasteiger charge is -2.33. The van der Waals surface area contributed by atoms with Crippen LogP contribution in [0.3, 0.4) is 0 Å². The fourth-order valence-corrected chi connectivity index (χ4v) is 8.52. The molecule has 0 spiro atoms. The molecule has 1 aliphatic carbocycles. The number of fused-ring (bicyclic) bond motifs is 4. The molecule has 3 aliphatic rings. The Labute approximate surface area is 314 Å². The van der Waals surface area contributed by atoms with E-state index in [9.17, 15) is 24.3 Å². The number of imidazole rings is 2. The summed E-state index contributed by atoms with van der Waals surface area (Å²) in [6, 6.07) is 10.7. The van der Waals surface area contributed by atoms with Crippen molar-refractivity contribution < 1.29 is 29.0 Å². The number of benzene rings is 2. The zero-order valence-corrected chi connectivity index (χ0v) is 31.8. The quantitative estimate of drug-likeness (QED) is 0.160. The molecular weight excluding hydrogens is 688 g/mol. The largest absolute Gasteiger partial charge is 0.465 e. The highest BCUT2D eigenvalue weighted by molar-refractivity contribution is 5.88. The number of methoxy groups -OCH3 is 1. The summed E-state index contributed by atoms with van der Waals surface area (Å²) < 4.78 is 4.78. The molecule has 4 amide bonds. The first-order valence-corrected chi connectivity index (χ1v) is 19.0. The van der Waals surface area contributed by atoms with E-state index >= 15 is 0 Å². The van der Waals surface area contributed by atoms with Crippen LogP contribution in [0.2, 0.25) is 0 Å². The normalized spacial score (nSPS) is 19.2. The number of likely N-dealkylation sites (N-methyl/N-ethyl adjacent to an activating group) is 1. The van der Waals surface area contributed by atoms with E-state index in [2.05, 4.69) is 45.6 Å². The molecule has 4 aromatic rings. The van der Waals surface area contributed by atoms with Gasteiger partial charge >= 0.3 is 12.2 Å². The van der Waals surface area contributed by atoms with Crippen molar-refractivity contribution in [3.8, 4) is 22.4 Å². The fourth-order valence-electron chi connectivity index (χ4n) is 8.52. The summed E-state index contributed by atoms with van der Waals surface area (Å²) in [5, 5.41) is 12.3. The Balaban J connectivity index is 1.11. The number of nitrogens with one attached hydrogen (secondary N) is 3. The number of nitrogens with zero attached hydrogens (tertiary/aromatic N) is 5. The molecule has 4 heterocycles. The number of aromatic nitrogens is 4. The first kappa shape index (κ1) is 36.9. The van der Waals surface area contributed by atoms with Gasteiger partial charge in [0.05, 0.1) is 35.9 Å². The maximum atomic E-state index is 13.7. The predicted octanol–water partition coefficient (Wildman–Crippen LogP) is 6.06. The van der Waals surface area contributed by atoms with E-state index in [1.807, 2.05) is 38.7 Å². The number of alkyl carbamates (subject to hydrolysis) is 1. The van der Waals surface area contributed by atoms with Gasteiger partial charge in [0.2, 0.25) is 11.8 Å². The molecular formula is C40H50N8O6. The minimum atomic E-state index is -1.12. The Morgan fingerprint density at radius 1 is 0.870 bits per heavy atom. The van der Waals surface area contributed by atoms with Gasteiger partial charge in [0, 0.05) is 31.4 Å². The highest BCUT2D eigenvalue weighted by atomic mass is 16.5. The topological polar surface area (TPSA) is 177 Å². The highest BCUT2D eigenvalue weighted by Gasteiger charge is 2.40. The number of amides is 4. The van der Waals surface area contributed by atoms with Crippen LogP contribution in [0.5, 0.6) is 0 Å². The number of ether oxygens (including phenoxy) is 1. The van der Waals surface area contributed by atoms with Gasteiger partial charge in [-0.25, -0.2) is 19.6 Å². The molecule has 2 aliphatic heterocycles. The van der Waals surface area contributed by atoms with E-state index in [-0.39, 0.29) is 35.7 Å². The van der Waals surface area contributed by atoms with Gasteiger partial charge in [-0.15, -0.1) is 0 Å². The zero-order chi connectivity index (χ0) is 38.4. The second-order valence-electron chi connectivity index (χ2n) is 15.5. The van der Waals surface area contributed by atoms with Gasteiger partial charge in [-0.2, -0.15) is 0 Å². The van der Waals surface area contributed by atoms with Crippen LogP contribution in [0.1, 0.15) is 88.4 Å². The lowest BCUT2D eigenvalue weighted by Crippen LogP contribution is -2.51. The summed E-state index contributed by atoms with van der Waals surface area (Å²) in [6.07, 6.45) is 3.12. The van der Waals surface area contributed by atoms with Crippen molar-refractivity contribution in [2.75, 3.05) is 27.2 Å². The molecule has 2 fully saturated rings. The molecule has 2 aromatic heterocycles. The molecule has 0 bridgehead atoms. The van der Waals surface area contributed by atoms with Gasteiger partial charge in [0.15, 0.2) is 0 Å².